The van der Waals surface area contributed by atoms with Gasteiger partial charge in [0.05, 0.1) is 12.1 Å². The van der Waals surface area contributed by atoms with Gasteiger partial charge in [-0.05, 0) is 59.0 Å². The van der Waals surface area contributed by atoms with Crippen LogP contribution < -0.4 is 16.0 Å². The molecule has 6 aromatic rings. The second-order valence-electron chi connectivity index (χ2n) is 12.7. The summed E-state index contributed by atoms with van der Waals surface area (Å²) in [5.74, 6) is -1.49. The lowest BCUT2D eigenvalue weighted by atomic mass is 10.00. The van der Waals surface area contributed by atoms with E-state index in [0.29, 0.717) is 16.9 Å². The van der Waals surface area contributed by atoms with Gasteiger partial charge in [-0.2, -0.15) is 0 Å². The highest BCUT2D eigenvalue weighted by Gasteiger charge is 2.23. The fourth-order valence-corrected chi connectivity index (χ4v) is 5.85. The maximum Gasteiger partial charge on any atom is 0.247 e. The number of anilines is 2. The summed E-state index contributed by atoms with van der Waals surface area (Å²) < 4.78 is 0. The third-order valence-electron chi connectivity index (χ3n) is 8.69. The molecule has 0 aliphatic heterocycles. The maximum absolute atomic E-state index is 13.8. The first-order valence-electron chi connectivity index (χ1n) is 17.4. The molecule has 0 unspecified atom stereocenters. The van der Waals surface area contributed by atoms with E-state index in [9.17, 15) is 19.2 Å². The molecule has 262 valence electrons. The number of carbonyl (C=O) groups excluding carboxylic acids is 4. The molecule has 6 aromatic carbocycles. The third-order valence-corrected chi connectivity index (χ3v) is 8.69. The van der Waals surface area contributed by atoms with Crippen molar-refractivity contribution < 1.29 is 19.2 Å². The normalized spacial score (nSPS) is 11.4. The van der Waals surface area contributed by atoms with E-state index in [-0.39, 0.29) is 30.1 Å². The summed E-state index contributed by atoms with van der Waals surface area (Å²) in [6.45, 7) is 1.98. The van der Waals surface area contributed by atoms with Crippen LogP contribution in [-0.4, -0.2) is 29.5 Å². The molecule has 0 heterocycles. The number of hydrogen-bond acceptors (Lipinski definition) is 4. The number of benzene rings is 6. The molecule has 0 bridgehead atoms. The SMILES string of the molecule is Cc1ccc(CC(=O)Nc2ccc(NC(=O)[C@H](Cc3ccccc3)NC(=O)/C=C/c3ccc(-c4ccccc4)cc3)cc2C(=O)c2ccccc2)cc1. The van der Waals surface area contributed by atoms with Crippen LogP contribution >= 0.6 is 0 Å². The van der Waals surface area contributed by atoms with Crippen LogP contribution in [0.3, 0.4) is 0 Å². The lowest BCUT2D eigenvalue weighted by Crippen LogP contribution is -2.44. The lowest BCUT2D eigenvalue weighted by Gasteiger charge is -2.19. The molecule has 6 rings (SSSR count). The van der Waals surface area contributed by atoms with Gasteiger partial charge in [0.1, 0.15) is 6.04 Å². The highest BCUT2D eigenvalue weighted by molar-refractivity contribution is 6.15. The Morgan fingerprint density at radius 2 is 1.25 bits per heavy atom. The zero-order chi connectivity index (χ0) is 37.0. The number of carbonyl (C=O) groups is 4. The molecule has 0 aliphatic carbocycles. The van der Waals surface area contributed by atoms with Crippen LogP contribution in [0.4, 0.5) is 11.4 Å². The molecule has 0 aromatic heterocycles. The maximum atomic E-state index is 13.8. The average Bonchev–Trinajstić information content (AvgIpc) is 3.19. The average molecular weight is 698 g/mol. The zero-order valence-corrected chi connectivity index (χ0v) is 29.3. The Bertz CT molecular complexity index is 2220. The van der Waals surface area contributed by atoms with Crippen LogP contribution in [0, 0.1) is 6.92 Å². The summed E-state index contributed by atoms with van der Waals surface area (Å²) in [5.41, 5.74) is 7.12. The predicted octanol–water partition coefficient (Wildman–Crippen LogP) is 8.45. The summed E-state index contributed by atoms with van der Waals surface area (Å²) >= 11 is 0. The smallest absolute Gasteiger partial charge is 0.247 e. The standard InChI is InChI=1S/C46H39N3O4/c1-32-17-19-35(20-18-32)30-44(51)48-41-27-26-39(31-40(41)45(52)38-15-9-4-10-16-38)47-46(53)42(29-34-11-5-2-6-12-34)49-43(50)28-23-33-21-24-37(25-22-33)36-13-7-3-8-14-36/h2-28,31,42H,29-30H2,1H3,(H,47,53)(H,48,51)(H,49,50)/b28-23+/t42-/m0/s1. The fraction of sp³-hybridized carbons (Fsp3) is 0.0870. The van der Waals surface area contributed by atoms with Crippen molar-refractivity contribution in [1.82, 2.24) is 5.32 Å². The van der Waals surface area contributed by atoms with Gasteiger partial charge in [0.2, 0.25) is 17.7 Å². The van der Waals surface area contributed by atoms with Crippen molar-refractivity contribution >= 4 is 41.0 Å². The Balaban J connectivity index is 1.20. The van der Waals surface area contributed by atoms with Gasteiger partial charge in [-0.1, -0.05) is 145 Å². The number of amides is 3. The first-order chi connectivity index (χ1) is 25.8. The monoisotopic (exact) mass is 697 g/mol. The number of nitrogens with one attached hydrogen (secondary N) is 3. The highest BCUT2D eigenvalue weighted by atomic mass is 16.2. The zero-order valence-electron chi connectivity index (χ0n) is 29.3. The van der Waals surface area contributed by atoms with Gasteiger partial charge < -0.3 is 16.0 Å². The van der Waals surface area contributed by atoms with Gasteiger partial charge in [-0.15, -0.1) is 0 Å². The molecule has 3 N–H and O–H groups in total. The molecule has 53 heavy (non-hydrogen) atoms. The Morgan fingerprint density at radius 1 is 0.623 bits per heavy atom. The first kappa shape index (κ1) is 35.9. The van der Waals surface area contributed by atoms with Gasteiger partial charge >= 0.3 is 0 Å². The molecule has 1 atom stereocenters. The molecule has 0 saturated heterocycles. The quantitative estimate of drug-likeness (QED) is 0.0832. The molecule has 0 spiro atoms. The molecular formula is C46H39N3O4. The second kappa shape index (κ2) is 17.4. The van der Waals surface area contributed by atoms with E-state index in [0.717, 1.165) is 33.4 Å². The first-order valence-corrected chi connectivity index (χ1v) is 17.4. The van der Waals surface area contributed by atoms with Gasteiger partial charge in [-0.25, -0.2) is 0 Å². The van der Waals surface area contributed by atoms with Gasteiger partial charge in [0.25, 0.3) is 0 Å². The van der Waals surface area contributed by atoms with E-state index >= 15 is 0 Å². The number of aryl methyl sites for hydroxylation is 1. The number of hydrogen-bond donors (Lipinski definition) is 3. The van der Waals surface area contributed by atoms with Gasteiger partial charge in [0.15, 0.2) is 5.78 Å². The van der Waals surface area contributed by atoms with Crippen LogP contribution in [0.1, 0.15) is 38.2 Å². The Kier molecular flexibility index (Phi) is 11.8. The molecule has 3 amide bonds. The summed E-state index contributed by atoms with van der Waals surface area (Å²) in [4.78, 5) is 53.9. The van der Waals surface area contributed by atoms with Crippen LogP contribution in [0.5, 0.6) is 0 Å². The van der Waals surface area contributed by atoms with Crippen molar-refractivity contribution in [1.29, 1.82) is 0 Å². The minimum atomic E-state index is -0.933. The topological polar surface area (TPSA) is 104 Å². The van der Waals surface area contributed by atoms with Crippen molar-refractivity contribution in [2.45, 2.75) is 25.8 Å². The highest BCUT2D eigenvalue weighted by Crippen LogP contribution is 2.25. The van der Waals surface area contributed by atoms with Crippen molar-refractivity contribution in [3.05, 3.63) is 197 Å². The molecule has 0 radical (unpaired) electrons. The Morgan fingerprint density at radius 3 is 1.92 bits per heavy atom. The molecule has 0 aliphatic rings. The fourth-order valence-electron chi connectivity index (χ4n) is 5.85. The minimum absolute atomic E-state index is 0.131. The van der Waals surface area contributed by atoms with E-state index in [4.69, 9.17) is 0 Å². The van der Waals surface area contributed by atoms with Crippen LogP contribution in [0.25, 0.3) is 17.2 Å². The molecular weight excluding hydrogens is 659 g/mol. The summed E-state index contributed by atoms with van der Waals surface area (Å²) in [6, 6.07) is 47.6. The van der Waals surface area contributed by atoms with Crippen molar-refractivity contribution in [2.75, 3.05) is 10.6 Å². The van der Waals surface area contributed by atoms with E-state index in [1.807, 2.05) is 122 Å². The number of ketones is 1. The Hall–Kier alpha value is -6.86. The van der Waals surface area contributed by atoms with E-state index in [1.54, 1.807) is 48.5 Å². The van der Waals surface area contributed by atoms with Crippen molar-refractivity contribution in [2.24, 2.45) is 0 Å². The van der Waals surface area contributed by atoms with Gasteiger partial charge in [-0.3, -0.25) is 19.2 Å². The lowest BCUT2D eigenvalue weighted by molar-refractivity contribution is -0.123. The van der Waals surface area contributed by atoms with E-state index in [1.165, 1.54) is 6.08 Å². The molecule has 0 fully saturated rings. The largest absolute Gasteiger partial charge is 0.340 e. The van der Waals surface area contributed by atoms with Crippen LogP contribution in [-0.2, 0) is 27.2 Å². The summed E-state index contributed by atoms with van der Waals surface area (Å²) in [6.07, 6.45) is 3.48. The van der Waals surface area contributed by atoms with Crippen molar-refractivity contribution in [3.8, 4) is 11.1 Å². The summed E-state index contributed by atoms with van der Waals surface area (Å²) in [7, 11) is 0. The molecule has 7 nitrogen and oxygen atoms in total. The van der Waals surface area contributed by atoms with E-state index < -0.39 is 17.9 Å². The van der Waals surface area contributed by atoms with Crippen molar-refractivity contribution in [3.63, 3.8) is 0 Å². The Labute approximate surface area is 309 Å². The molecule has 7 heteroatoms. The van der Waals surface area contributed by atoms with E-state index in [2.05, 4.69) is 16.0 Å². The predicted molar refractivity (Wildman–Crippen MR) is 211 cm³/mol. The molecule has 0 saturated carbocycles. The summed E-state index contributed by atoms with van der Waals surface area (Å²) in [5, 5.41) is 8.64. The van der Waals surface area contributed by atoms with Gasteiger partial charge in [0, 0.05) is 29.3 Å². The van der Waals surface area contributed by atoms with Crippen LogP contribution in [0.2, 0.25) is 0 Å². The minimum Gasteiger partial charge on any atom is -0.340 e. The third kappa shape index (κ3) is 10.1. The second-order valence-corrected chi connectivity index (χ2v) is 12.7. The van der Waals surface area contributed by atoms with Crippen LogP contribution in [0.15, 0.2) is 164 Å². The number of rotatable bonds is 13.